The fourth-order valence-electron chi connectivity index (χ4n) is 1.53. The number of amides is 2. The number of hydrogen-bond donors (Lipinski definition) is 3. The lowest BCUT2D eigenvalue weighted by Gasteiger charge is -2.03. The van der Waals surface area contributed by atoms with Gasteiger partial charge in [-0.05, 0) is 22.4 Å². The molecule has 0 atom stereocenters. The summed E-state index contributed by atoms with van der Waals surface area (Å²) in [5.74, 6) is -4.11. The molecule has 152 valence electrons. The monoisotopic (exact) mass is 405 g/mol. The van der Waals surface area contributed by atoms with Crippen LogP contribution in [0, 0.1) is 0 Å². The van der Waals surface area contributed by atoms with Crippen LogP contribution in [0.25, 0.3) is 5.69 Å². The molecule has 5 N–H and O–H groups in total. The van der Waals surface area contributed by atoms with Gasteiger partial charge in [0.05, 0.1) is 19.1 Å². The number of urea groups is 1. The molecule has 1 heterocycles. The van der Waals surface area contributed by atoms with Gasteiger partial charge in [-0.2, -0.15) is 13.2 Å². The molecule has 2 aromatic rings. The van der Waals surface area contributed by atoms with Crippen molar-refractivity contribution in [2.45, 2.75) is 6.18 Å². The zero-order valence-corrected chi connectivity index (χ0v) is 14.0. The van der Waals surface area contributed by atoms with Crippen molar-refractivity contribution in [1.29, 1.82) is 0 Å². The topological polar surface area (TPSA) is 179 Å². The zero-order valence-electron chi connectivity index (χ0n) is 14.0. The molecule has 0 radical (unpaired) electrons. The number of nitrogens with zero attached hydrogens (tertiary/aromatic N) is 2. The number of rotatable bonds is 5. The van der Waals surface area contributed by atoms with Gasteiger partial charge < -0.3 is 30.9 Å². The van der Waals surface area contributed by atoms with Gasteiger partial charge in [-0.25, -0.2) is 4.79 Å². The minimum absolute atomic E-state index is 0.0637. The summed E-state index contributed by atoms with van der Waals surface area (Å²) in [4.78, 5) is 30.9. The second kappa shape index (κ2) is 9.86. The first-order valence-corrected chi connectivity index (χ1v) is 7.37. The van der Waals surface area contributed by atoms with Gasteiger partial charge >= 0.3 is 18.1 Å². The molecule has 1 aromatic heterocycles. The molecule has 1 aromatic carbocycles. The Labute approximate surface area is 154 Å². The predicted octanol–water partition coefficient (Wildman–Crippen LogP) is -3.02. The third-order valence-corrected chi connectivity index (χ3v) is 2.76. The lowest BCUT2D eigenvalue weighted by molar-refractivity contribution is -0.670. The molecule has 0 unspecified atom stereocenters. The molecule has 14 heteroatoms. The lowest BCUT2D eigenvalue weighted by Crippen LogP contribution is -2.55. The number of alkyl halides is 3. The third kappa shape index (κ3) is 7.28. The summed E-state index contributed by atoms with van der Waals surface area (Å²) in [5, 5.41) is 28.2. The van der Waals surface area contributed by atoms with E-state index in [0.29, 0.717) is 18.8 Å². The Morgan fingerprint density at radius 2 is 1.75 bits per heavy atom. The molecule has 0 bridgehead atoms. The van der Waals surface area contributed by atoms with Crippen LogP contribution in [0.15, 0.2) is 35.0 Å². The lowest BCUT2D eigenvalue weighted by atomic mass is 10.2. The standard InChI is InChI=1S/C12H13N5O4.C2HF3O2/c13-5-6-14-12(20)15-10-7-17(16-21-10)9-3-1-8(2-4-9)11(18)19;3-2(4,5)1(6)7/h1-4,7H,5-6,13H2,(H2-,14,15,16,18,19,20);(H,6,7). The van der Waals surface area contributed by atoms with Gasteiger partial charge in [-0.15, -0.1) is 0 Å². The number of hydrogen-bond acceptors (Lipinski definition) is 7. The van der Waals surface area contributed by atoms with E-state index in [1.807, 2.05) is 0 Å². The molecule has 2 amide bonds. The molecule has 2 rings (SSSR count). The summed E-state index contributed by atoms with van der Waals surface area (Å²) in [6.07, 6.45) is -3.74. The minimum Gasteiger partial charge on any atom is -0.545 e. The first-order valence-electron chi connectivity index (χ1n) is 7.37. The highest BCUT2D eigenvalue weighted by molar-refractivity contribution is 5.87. The highest BCUT2D eigenvalue weighted by Gasteiger charge is 2.28. The number of benzene rings is 1. The smallest absolute Gasteiger partial charge is 0.430 e. The second-order valence-electron chi connectivity index (χ2n) is 4.86. The Hall–Kier alpha value is -3.68. The van der Waals surface area contributed by atoms with E-state index in [4.69, 9.17) is 14.4 Å². The Morgan fingerprint density at radius 1 is 1.18 bits per heavy atom. The molecule has 0 aliphatic rings. The molecule has 0 aliphatic heterocycles. The second-order valence-corrected chi connectivity index (χ2v) is 4.86. The van der Waals surface area contributed by atoms with E-state index in [2.05, 4.69) is 21.6 Å². The number of nitrogens with one attached hydrogen (secondary N) is 2. The van der Waals surface area contributed by atoms with Gasteiger partial charge in [0.2, 0.25) is 11.0 Å². The molecule has 0 saturated heterocycles. The highest BCUT2D eigenvalue weighted by Crippen LogP contribution is 2.11. The number of halogens is 3. The van der Waals surface area contributed by atoms with Gasteiger partial charge in [-0.3, -0.25) is 9.84 Å². The van der Waals surface area contributed by atoms with Crippen LogP contribution in [-0.2, 0) is 4.79 Å². The number of carboxylic acid groups (broad SMARTS) is 2. The Balaban J connectivity index is 0.000000480. The summed E-state index contributed by atoms with van der Waals surface area (Å²) in [6, 6.07) is 5.44. The van der Waals surface area contributed by atoms with Crippen LogP contribution < -0.4 is 31.3 Å². The molecule has 0 aliphatic carbocycles. The molecule has 0 spiro atoms. The molecule has 0 saturated carbocycles. The van der Waals surface area contributed by atoms with Gasteiger partial charge in [-0.1, -0.05) is 0 Å². The van der Waals surface area contributed by atoms with Crippen molar-refractivity contribution >= 4 is 23.9 Å². The van der Waals surface area contributed by atoms with Crippen LogP contribution in [0.1, 0.15) is 10.4 Å². The number of anilines is 1. The van der Waals surface area contributed by atoms with Crippen molar-refractivity contribution in [2.24, 2.45) is 0 Å². The van der Waals surface area contributed by atoms with Crippen molar-refractivity contribution in [1.82, 2.24) is 10.6 Å². The van der Waals surface area contributed by atoms with E-state index in [0.717, 1.165) is 0 Å². The van der Waals surface area contributed by atoms with E-state index in [1.54, 1.807) is 12.1 Å². The summed E-state index contributed by atoms with van der Waals surface area (Å²) in [7, 11) is 0. The van der Waals surface area contributed by atoms with E-state index in [-0.39, 0.29) is 11.4 Å². The first-order chi connectivity index (χ1) is 13.0. The van der Waals surface area contributed by atoms with Gasteiger partial charge in [0.25, 0.3) is 6.20 Å². The van der Waals surface area contributed by atoms with Gasteiger partial charge in [0.1, 0.15) is 5.97 Å². The van der Waals surface area contributed by atoms with Crippen LogP contribution in [0.4, 0.5) is 23.8 Å². The predicted molar refractivity (Wildman–Crippen MR) is 78.2 cm³/mol. The van der Waals surface area contributed by atoms with E-state index < -0.39 is 24.1 Å². The van der Waals surface area contributed by atoms with Crippen molar-refractivity contribution in [2.75, 3.05) is 18.4 Å². The number of quaternary nitrogens is 1. The Morgan fingerprint density at radius 3 is 2.21 bits per heavy atom. The molecular weight excluding hydrogens is 391 g/mol. The van der Waals surface area contributed by atoms with E-state index in [9.17, 15) is 27.9 Å². The number of carboxylic acids is 2. The van der Waals surface area contributed by atoms with Gasteiger partial charge in [0, 0.05) is 12.1 Å². The van der Waals surface area contributed by atoms with E-state index in [1.165, 1.54) is 23.0 Å². The highest BCUT2D eigenvalue weighted by atomic mass is 19.4. The van der Waals surface area contributed by atoms with Crippen molar-refractivity contribution in [3.63, 3.8) is 0 Å². The summed E-state index contributed by atoms with van der Waals surface area (Å²) in [5.41, 5.74) is 4.24. The number of aromatic nitrogens is 2. The van der Waals surface area contributed by atoms with Crippen molar-refractivity contribution < 1.29 is 52.7 Å². The Kier molecular flexibility index (Phi) is 7.88. The maximum atomic E-state index is 11.4. The van der Waals surface area contributed by atoms with E-state index >= 15 is 0 Å². The summed E-state index contributed by atoms with van der Waals surface area (Å²) < 4.78 is 37.8. The molecule has 0 fully saturated rings. The number of aromatic carboxylic acids is 1. The summed E-state index contributed by atoms with van der Waals surface area (Å²) >= 11 is 0. The van der Waals surface area contributed by atoms with Gasteiger partial charge in [0.15, 0.2) is 0 Å². The van der Waals surface area contributed by atoms with Crippen LogP contribution in [0.3, 0.4) is 0 Å². The normalized spacial score (nSPS) is 10.4. The Bertz CT molecular complexity index is 822. The third-order valence-electron chi connectivity index (χ3n) is 2.76. The fraction of sp³-hybridized carbons (Fsp3) is 0.214. The average Bonchev–Trinajstić information content (AvgIpc) is 3.08. The largest absolute Gasteiger partial charge is 0.545 e. The number of aliphatic carboxylic acids is 1. The maximum absolute atomic E-state index is 11.4. The quantitative estimate of drug-likeness (QED) is 0.443. The zero-order chi connectivity index (χ0) is 21.3. The maximum Gasteiger partial charge on any atom is 0.430 e. The van der Waals surface area contributed by atoms with Crippen LogP contribution in [-0.4, -0.2) is 42.5 Å². The van der Waals surface area contributed by atoms with Crippen molar-refractivity contribution in [3.05, 3.63) is 36.0 Å². The van der Waals surface area contributed by atoms with Crippen molar-refractivity contribution in [3.8, 4) is 5.69 Å². The fourth-order valence-corrected chi connectivity index (χ4v) is 1.53. The first kappa shape index (κ1) is 22.4. The minimum atomic E-state index is -5.19. The number of carbonyl (C=O) groups excluding carboxylic acids is 3. The van der Waals surface area contributed by atoms with Crippen LogP contribution in [0.5, 0.6) is 0 Å². The van der Waals surface area contributed by atoms with Crippen LogP contribution >= 0.6 is 0 Å². The molecule has 28 heavy (non-hydrogen) atoms. The average molecular weight is 405 g/mol. The number of carbonyl (C=O) groups is 3. The molecular formula is C14H14F3N5O6. The molecule has 11 nitrogen and oxygen atoms in total. The summed E-state index contributed by atoms with van der Waals surface area (Å²) in [6.45, 7) is 1.03. The van der Waals surface area contributed by atoms with Crippen LogP contribution in [0.2, 0.25) is 0 Å². The SMILES string of the molecule is O=C([O-])C(F)(F)F.[NH3+]CCNC(=O)Nc1c[n+](-c2ccc(C(=O)[O-])cc2)no1.